The number of rotatable bonds is 13. The molecule has 2 aliphatic heterocycles. The molecular weight excluding hydrogens is 905 g/mol. The number of hydrogen-bond donors (Lipinski definition) is 3. The van der Waals surface area contributed by atoms with E-state index in [1.807, 2.05) is 24.3 Å². The van der Waals surface area contributed by atoms with Gasteiger partial charge in [-0.3, -0.25) is 14.9 Å². The fourth-order valence-electron chi connectivity index (χ4n) is 10.7. The van der Waals surface area contributed by atoms with E-state index < -0.39 is 52.8 Å². The summed E-state index contributed by atoms with van der Waals surface area (Å²) in [6.45, 7) is 7.17. The van der Waals surface area contributed by atoms with Gasteiger partial charge in [0.15, 0.2) is 0 Å². The highest BCUT2D eigenvalue weighted by Crippen LogP contribution is 2.49. The molecule has 24 heteroatoms. The summed E-state index contributed by atoms with van der Waals surface area (Å²) in [6, 6.07) is 20.7. The number of piperazine rings is 1. The van der Waals surface area contributed by atoms with Crippen LogP contribution in [0.15, 0.2) is 95.7 Å². The van der Waals surface area contributed by atoms with Gasteiger partial charge in [0.2, 0.25) is 0 Å². The third-order valence-electron chi connectivity index (χ3n) is 15.9. The number of allylic oxidation sites excluding steroid dienone is 1. The van der Waals surface area contributed by atoms with Crippen LogP contribution in [0.2, 0.25) is 5.02 Å². The third-order valence-corrected chi connectivity index (χ3v) is 17.5. The van der Waals surface area contributed by atoms with E-state index in [1.54, 1.807) is 30.6 Å². The SMILES string of the molecule is BC1(B)N(CC2=C(c3ccc(Cl)cc3)CC(C)(C)CC2)C(B)(B)C(B)(B)N(c2ccc(C(=O)NS(=O)(=O)c3ccc(NCC4CCOCC4)c([N+](=O)[O-])c3)c(Oc3cnc4[nH]ccc4c3)c2)C1(B)B. The van der Waals surface area contributed by atoms with Gasteiger partial charge in [0.05, 0.1) is 21.6 Å². The van der Waals surface area contributed by atoms with Crippen LogP contribution in [-0.2, 0) is 14.8 Å². The van der Waals surface area contributed by atoms with E-state index in [4.69, 9.17) is 21.1 Å². The maximum Gasteiger partial charge on any atom is 0.293 e. The zero-order valence-corrected chi connectivity index (χ0v) is 43.0. The molecule has 4 heterocycles. The lowest BCUT2D eigenvalue weighted by atomic mass is 9.26. The minimum absolute atomic E-state index is 0.0598. The molecule has 8 rings (SSSR count). The minimum Gasteiger partial charge on any atom is -0.455 e. The number of nitro groups is 1. The first-order valence-corrected chi connectivity index (χ1v) is 25.7. The Balaban J connectivity index is 1.15. The van der Waals surface area contributed by atoms with Gasteiger partial charge in [-0.1, -0.05) is 43.2 Å². The number of benzene rings is 3. The Hall–Kier alpha value is -4.96. The average molecular weight is 963 g/mol. The summed E-state index contributed by atoms with van der Waals surface area (Å²) >= 11 is 6.38. The molecule has 3 N–H and O–H groups in total. The van der Waals surface area contributed by atoms with Crippen molar-refractivity contribution in [3.8, 4) is 11.5 Å². The summed E-state index contributed by atoms with van der Waals surface area (Å²) in [5, 5.41) is 14.8. The molecule has 1 aliphatic carbocycles. The van der Waals surface area contributed by atoms with Gasteiger partial charge in [0, 0.05) is 60.7 Å². The molecule has 0 radical (unpaired) electrons. The van der Waals surface area contributed by atoms with Crippen LogP contribution >= 0.6 is 11.6 Å². The van der Waals surface area contributed by atoms with E-state index in [0.717, 1.165) is 55.8 Å². The van der Waals surface area contributed by atoms with Crippen molar-refractivity contribution in [2.75, 3.05) is 36.5 Å². The zero-order chi connectivity index (χ0) is 49.9. The second-order valence-electron chi connectivity index (χ2n) is 21.8. The number of ether oxygens (including phenoxy) is 2. The number of anilines is 2. The number of aromatic nitrogens is 2. The van der Waals surface area contributed by atoms with E-state index in [-0.39, 0.29) is 28.3 Å². The molecule has 2 saturated heterocycles. The molecule has 0 atom stereocenters. The van der Waals surface area contributed by atoms with Crippen molar-refractivity contribution in [2.24, 2.45) is 11.3 Å². The van der Waals surface area contributed by atoms with Gasteiger partial charge in [-0.2, -0.15) is 0 Å². The van der Waals surface area contributed by atoms with E-state index in [9.17, 15) is 23.3 Å². The maximum atomic E-state index is 14.4. The van der Waals surface area contributed by atoms with Crippen molar-refractivity contribution < 1.29 is 27.6 Å². The first-order valence-electron chi connectivity index (χ1n) is 23.8. The predicted octanol–water partition coefficient (Wildman–Crippen LogP) is 0.340. The van der Waals surface area contributed by atoms with Crippen molar-refractivity contribution in [3.63, 3.8) is 0 Å². The fourth-order valence-corrected chi connectivity index (χ4v) is 11.9. The Morgan fingerprint density at radius 1 is 0.942 bits per heavy atom. The molecule has 2 fully saturated rings. The second kappa shape index (κ2) is 18.7. The first-order chi connectivity index (χ1) is 32.3. The molecular formula is C45H58B8ClN7O7S. The van der Waals surface area contributed by atoms with E-state index in [2.05, 4.69) is 119 Å². The van der Waals surface area contributed by atoms with E-state index in [1.165, 1.54) is 28.8 Å². The lowest BCUT2D eigenvalue weighted by molar-refractivity contribution is -0.384. The number of fused-ring (bicyclic) bond motifs is 1. The number of nitrogens with zero attached hydrogens (tertiary/aromatic N) is 4. The van der Waals surface area contributed by atoms with Crippen LogP contribution in [0.3, 0.4) is 0 Å². The zero-order valence-electron chi connectivity index (χ0n) is 41.5. The van der Waals surface area contributed by atoms with Crippen molar-refractivity contribution in [3.05, 3.63) is 117 Å². The number of carbonyl (C=O) groups is 1. The standard InChI is InChI=1S/C45H58B8ClN7O7S/c1-41(2)15-11-29(35(22-41)27-3-5-30(54)6-4-27)25-59-42(46,47)44(50,51)60(45(52,53)43(59,48)49)31-7-9-34(38(20-31)68-32-19-28-12-16-55-39(28)57-24-32)40(62)58-69(65,66)33-8-10-36(37(21-33)61(63)64)56-23-26-13-17-67-18-14-26/h3-10,12,16,19-21,24,26,56H,11,13-15,17-18,22-23,25,46-53H2,1-2H3,(H,55,57)(H,58,62). The Kier molecular flexibility index (Phi) is 13.6. The molecule has 0 saturated carbocycles. The van der Waals surface area contributed by atoms with E-state index in [0.29, 0.717) is 36.2 Å². The lowest BCUT2D eigenvalue weighted by Gasteiger charge is -2.75. The number of halogens is 1. The largest absolute Gasteiger partial charge is 0.455 e. The van der Waals surface area contributed by atoms with Gasteiger partial charge < -0.3 is 29.6 Å². The average Bonchev–Trinajstić information content (AvgIpc) is 3.75. The van der Waals surface area contributed by atoms with Gasteiger partial charge in [-0.05, 0) is 124 Å². The first kappa shape index (κ1) is 50.4. The number of nitro benzene ring substituents is 1. The number of amides is 1. The normalized spacial score (nSPS) is 20.0. The van der Waals surface area contributed by atoms with Crippen LogP contribution in [0.4, 0.5) is 17.1 Å². The summed E-state index contributed by atoms with van der Waals surface area (Å²) in [6.07, 6.45) is 7.98. The minimum atomic E-state index is -4.62. The third kappa shape index (κ3) is 9.77. The molecule has 0 spiro atoms. The van der Waals surface area contributed by atoms with Crippen LogP contribution in [-0.4, -0.2) is 145 Å². The van der Waals surface area contributed by atoms with Gasteiger partial charge in [-0.25, -0.2) is 18.1 Å². The Bertz CT molecular complexity index is 2920. The Morgan fingerprint density at radius 3 is 2.29 bits per heavy atom. The second-order valence-corrected chi connectivity index (χ2v) is 23.9. The van der Waals surface area contributed by atoms with Crippen LogP contribution < -0.4 is 19.7 Å². The highest BCUT2D eigenvalue weighted by molar-refractivity contribution is 7.90. The number of pyridine rings is 1. The highest BCUT2D eigenvalue weighted by atomic mass is 35.5. The van der Waals surface area contributed by atoms with Crippen molar-refractivity contribution in [1.29, 1.82) is 0 Å². The topological polar surface area (TPSA) is 172 Å². The quantitative estimate of drug-likeness (QED) is 0.0846. The number of carbonyl (C=O) groups excluding carboxylic acids is 1. The molecule has 5 aromatic rings. The van der Waals surface area contributed by atoms with Crippen molar-refractivity contribution in [2.45, 2.75) is 72.2 Å². The highest BCUT2D eigenvalue weighted by Gasteiger charge is 2.61. The molecule has 352 valence electrons. The van der Waals surface area contributed by atoms with Gasteiger partial charge in [0.25, 0.3) is 21.6 Å². The summed E-state index contributed by atoms with van der Waals surface area (Å²) < 4.78 is 42.1. The fraction of sp³-hybridized carbons (Fsp3) is 0.378. The molecule has 1 amide bonds. The number of sulfonamides is 1. The number of aromatic amines is 1. The van der Waals surface area contributed by atoms with Crippen LogP contribution in [0.25, 0.3) is 16.6 Å². The smallest absolute Gasteiger partial charge is 0.293 e. The van der Waals surface area contributed by atoms with Gasteiger partial charge in [-0.15, -0.1) is 0 Å². The number of nitrogens with one attached hydrogen (secondary N) is 3. The van der Waals surface area contributed by atoms with Gasteiger partial charge in [0.1, 0.15) is 85.6 Å². The van der Waals surface area contributed by atoms with E-state index >= 15 is 0 Å². The maximum absolute atomic E-state index is 14.4. The summed E-state index contributed by atoms with van der Waals surface area (Å²) in [5.74, 6) is -0.278. The Morgan fingerprint density at radius 2 is 1.62 bits per heavy atom. The predicted molar refractivity (Wildman–Crippen MR) is 297 cm³/mol. The van der Waals surface area contributed by atoms with Crippen LogP contribution in [0, 0.1) is 21.4 Å². The molecule has 3 aromatic carbocycles. The van der Waals surface area contributed by atoms with Crippen molar-refractivity contribution >= 4 is 124 Å². The van der Waals surface area contributed by atoms with Crippen LogP contribution in [0.5, 0.6) is 11.5 Å². The molecule has 69 heavy (non-hydrogen) atoms. The summed E-state index contributed by atoms with van der Waals surface area (Å²) in [4.78, 5) is 38.2. The molecule has 2 aromatic heterocycles. The molecule has 0 unspecified atom stereocenters. The number of hydrogen-bond acceptors (Lipinski definition) is 11. The number of H-pyrrole nitrogens is 1. The molecule has 3 aliphatic rings. The van der Waals surface area contributed by atoms with Gasteiger partial charge >= 0.3 is 0 Å². The van der Waals surface area contributed by atoms with Crippen molar-refractivity contribution in [1.82, 2.24) is 19.6 Å². The molecule has 0 bridgehead atoms. The summed E-state index contributed by atoms with van der Waals surface area (Å²) in [7, 11) is 13.6. The monoisotopic (exact) mass is 963 g/mol. The lowest BCUT2D eigenvalue weighted by Crippen LogP contribution is -2.92. The molecule has 14 nitrogen and oxygen atoms in total. The van der Waals surface area contributed by atoms with Crippen LogP contribution in [0.1, 0.15) is 61.9 Å². The summed E-state index contributed by atoms with van der Waals surface area (Å²) in [5.41, 5.74) is 5.29. The Labute approximate surface area is 417 Å².